The van der Waals surface area contributed by atoms with E-state index in [1.807, 2.05) is 30.3 Å². The molecule has 0 spiro atoms. The minimum atomic E-state index is -2.14. The fourth-order valence-electron chi connectivity index (χ4n) is 2.94. The second kappa shape index (κ2) is 6.05. The van der Waals surface area contributed by atoms with Crippen LogP contribution in [-0.4, -0.2) is 32.5 Å². The zero-order chi connectivity index (χ0) is 16.6. The average Bonchev–Trinajstić information content (AvgIpc) is 2.97. The average molecular weight is 334 g/mol. The largest absolute Gasteiger partial charge is 0.479 e. The zero-order valence-electron chi connectivity index (χ0n) is 12.3. The second-order valence-electron chi connectivity index (χ2n) is 5.86. The molecule has 0 bridgehead atoms. The van der Waals surface area contributed by atoms with Crippen molar-refractivity contribution in [1.29, 1.82) is 0 Å². The molecule has 1 aliphatic rings. The van der Waals surface area contributed by atoms with Crippen molar-refractivity contribution in [2.45, 2.75) is 37.1 Å². The summed E-state index contributed by atoms with van der Waals surface area (Å²) >= 11 is 1.25. The monoisotopic (exact) mass is 334 g/mol. The van der Waals surface area contributed by atoms with E-state index in [-0.39, 0.29) is 5.56 Å². The molecule has 0 saturated heterocycles. The topological polar surface area (TPSA) is 98.0 Å². The maximum atomic E-state index is 11.4. The third-order valence-electron chi connectivity index (χ3n) is 4.25. The molecule has 0 saturated carbocycles. The molecule has 6 heteroatoms. The molecule has 4 N–H and O–H groups in total. The van der Waals surface area contributed by atoms with Crippen LogP contribution in [0.1, 0.15) is 33.4 Å². The van der Waals surface area contributed by atoms with Crippen molar-refractivity contribution in [3.63, 3.8) is 0 Å². The van der Waals surface area contributed by atoms with Crippen LogP contribution in [0.5, 0.6) is 0 Å². The third-order valence-corrected chi connectivity index (χ3v) is 5.52. The maximum Gasteiger partial charge on any atom is 0.340 e. The Labute approximate surface area is 137 Å². The minimum absolute atomic E-state index is 0.205. The van der Waals surface area contributed by atoms with Gasteiger partial charge in [-0.1, -0.05) is 30.3 Å². The van der Waals surface area contributed by atoms with E-state index in [0.29, 0.717) is 11.3 Å². The number of fused-ring (bicyclic) bond motifs is 1. The Balaban J connectivity index is 1.89. The van der Waals surface area contributed by atoms with Crippen LogP contribution in [0.15, 0.2) is 36.4 Å². The number of aryl methyl sites for hydroxylation is 2. The van der Waals surface area contributed by atoms with Crippen molar-refractivity contribution in [3.05, 3.63) is 57.3 Å². The fraction of sp³-hybridized carbons (Fsp3) is 0.353. The lowest BCUT2D eigenvalue weighted by Gasteiger charge is -2.34. The Hall–Kier alpha value is -1.73. The Morgan fingerprint density at radius 1 is 1.22 bits per heavy atom. The highest BCUT2D eigenvalue weighted by molar-refractivity contribution is 7.12. The second-order valence-corrected chi connectivity index (χ2v) is 7.03. The van der Waals surface area contributed by atoms with E-state index in [9.17, 15) is 25.2 Å². The highest BCUT2D eigenvalue weighted by Crippen LogP contribution is 2.45. The molecule has 0 unspecified atom stereocenters. The Kier molecular flexibility index (Phi) is 4.25. The molecule has 23 heavy (non-hydrogen) atoms. The first-order chi connectivity index (χ1) is 10.9. The quantitative estimate of drug-likeness (QED) is 0.681. The number of hydrogen-bond donors (Lipinski definition) is 4. The van der Waals surface area contributed by atoms with E-state index < -0.39 is 30.2 Å². The van der Waals surface area contributed by atoms with E-state index >= 15 is 0 Å². The number of carbonyl (C=O) groups is 1. The van der Waals surface area contributed by atoms with Crippen LogP contribution in [0, 0.1) is 0 Å². The Morgan fingerprint density at radius 2 is 1.91 bits per heavy atom. The predicted octanol–water partition coefficient (Wildman–Crippen LogP) is 1.60. The molecular formula is C17H18O5S. The van der Waals surface area contributed by atoms with Gasteiger partial charge < -0.3 is 20.4 Å². The van der Waals surface area contributed by atoms with Gasteiger partial charge in [0.2, 0.25) is 0 Å². The number of rotatable bonds is 4. The SMILES string of the molecule is O=C(O)[C@]1(O)C[C@@H](O)[C@H](O)c2sc(CCc3ccccc3)cc21. The molecule has 1 aromatic carbocycles. The molecule has 5 nitrogen and oxygen atoms in total. The summed E-state index contributed by atoms with van der Waals surface area (Å²) in [5, 5.41) is 39.7. The lowest BCUT2D eigenvalue weighted by molar-refractivity contribution is -0.168. The van der Waals surface area contributed by atoms with Gasteiger partial charge in [0, 0.05) is 21.7 Å². The molecule has 3 rings (SSSR count). The van der Waals surface area contributed by atoms with E-state index in [0.717, 1.165) is 16.9 Å². The molecule has 1 aromatic heterocycles. The lowest BCUT2D eigenvalue weighted by atomic mass is 9.80. The van der Waals surface area contributed by atoms with Crippen molar-refractivity contribution in [2.24, 2.45) is 0 Å². The van der Waals surface area contributed by atoms with Crippen molar-refractivity contribution >= 4 is 17.3 Å². The summed E-state index contributed by atoms with van der Waals surface area (Å²) in [7, 11) is 0. The smallest absolute Gasteiger partial charge is 0.340 e. The van der Waals surface area contributed by atoms with Gasteiger partial charge in [-0.2, -0.15) is 0 Å². The summed E-state index contributed by atoms with van der Waals surface area (Å²) in [4.78, 5) is 12.7. The predicted molar refractivity (Wildman–Crippen MR) is 85.3 cm³/mol. The van der Waals surface area contributed by atoms with Crippen molar-refractivity contribution in [3.8, 4) is 0 Å². The van der Waals surface area contributed by atoms with Gasteiger partial charge in [-0.05, 0) is 24.5 Å². The standard InChI is InChI=1S/C17H18O5S/c18-13-9-17(22,16(20)21)12-8-11(23-15(12)14(13)19)7-6-10-4-2-1-3-5-10/h1-5,8,13-14,18-19,22H,6-7,9H2,(H,20,21)/t13-,14+,17+/m1/s1. The zero-order valence-corrected chi connectivity index (χ0v) is 13.2. The van der Waals surface area contributed by atoms with Crippen LogP contribution in [0.4, 0.5) is 0 Å². The molecule has 0 radical (unpaired) electrons. The number of aliphatic hydroxyl groups excluding tert-OH is 2. The van der Waals surface area contributed by atoms with Crippen LogP contribution in [0.25, 0.3) is 0 Å². The summed E-state index contributed by atoms with van der Waals surface area (Å²) in [5.41, 5.74) is -0.779. The maximum absolute atomic E-state index is 11.4. The summed E-state index contributed by atoms with van der Waals surface area (Å²) in [6.45, 7) is 0. The number of carboxylic acid groups (broad SMARTS) is 1. The highest BCUT2D eigenvalue weighted by Gasteiger charge is 2.49. The first-order valence-electron chi connectivity index (χ1n) is 7.40. The molecule has 0 fully saturated rings. The van der Waals surface area contributed by atoms with Crippen LogP contribution >= 0.6 is 11.3 Å². The molecule has 1 aliphatic carbocycles. The van der Waals surface area contributed by atoms with Gasteiger partial charge in [0.15, 0.2) is 5.60 Å². The molecule has 2 aromatic rings. The Morgan fingerprint density at radius 3 is 2.57 bits per heavy atom. The van der Waals surface area contributed by atoms with Gasteiger partial charge in [0.25, 0.3) is 0 Å². The van der Waals surface area contributed by atoms with Crippen LogP contribution in [-0.2, 0) is 23.2 Å². The van der Waals surface area contributed by atoms with E-state index in [1.165, 1.54) is 11.3 Å². The molecule has 0 aliphatic heterocycles. The van der Waals surface area contributed by atoms with Crippen LogP contribution in [0.2, 0.25) is 0 Å². The van der Waals surface area contributed by atoms with E-state index in [2.05, 4.69) is 0 Å². The number of hydrogen-bond acceptors (Lipinski definition) is 5. The first-order valence-corrected chi connectivity index (χ1v) is 8.22. The molecule has 3 atom stereocenters. The van der Waals surface area contributed by atoms with Gasteiger partial charge in [-0.3, -0.25) is 0 Å². The van der Waals surface area contributed by atoms with Crippen molar-refractivity contribution in [1.82, 2.24) is 0 Å². The molecule has 0 amide bonds. The van der Waals surface area contributed by atoms with Gasteiger partial charge in [-0.15, -0.1) is 11.3 Å². The highest BCUT2D eigenvalue weighted by atomic mass is 32.1. The number of aliphatic carboxylic acids is 1. The van der Waals surface area contributed by atoms with Gasteiger partial charge in [-0.25, -0.2) is 4.79 Å². The Bertz CT molecular complexity index is 711. The summed E-state index contributed by atoms with van der Waals surface area (Å²) in [5.74, 6) is -1.41. The lowest BCUT2D eigenvalue weighted by Crippen LogP contribution is -2.44. The van der Waals surface area contributed by atoms with Crippen molar-refractivity contribution < 1.29 is 25.2 Å². The van der Waals surface area contributed by atoms with Crippen molar-refractivity contribution in [2.75, 3.05) is 0 Å². The number of thiophene rings is 1. The molecular weight excluding hydrogens is 316 g/mol. The van der Waals surface area contributed by atoms with Gasteiger partial charge in [0.05, 0.1) is 6.10 Å². The third kappa shape index (κ3) is 2.90. The number of carboxylic acids is 1. The van der Waals surface area contributed by atoms with Gasteiger partial charge >= 0.3 is 5.97 Å². The summed E-state index contributed by atoms with van der Waals surface area (Å²) < 4.78 is 0. The number of benzene rings is 1. The normalized spacial score (nSPS) is 26.7. The molecule has 122 valence electrons. The van der Waals surface area contributed by atoms with Crippen LogP contribution < -0.4 is 0 Å². The van der Waals surface area contributed by atoms with E-state index in [4.69, 9.17) is 0 Å². The van der Waals surface area contributed by atoms with Gasteiger partial charge in [0.1, 0.15) is 6.10 Å². The number of aliphatic hydroxyl groups is 3. The van der Waals surface area contributed by atoms with Crippen LogP contribution in [0.3, 0.4) is 0 Å². The first kappa shape index (κ1) is 16.1. The van der Waals surface area contributed by atoms with E-state index in [1.54, 1.807) is 6.07 Å². The minimum Gasteiger partial charge on any atom is -0.479 e. The fourth-order valence-corrected chi connectivity index (χ4v) is 4.22. The molecule has 1 heterocycles. The summed E-state index contributed by atoms with van der Waals surface area (Å²) in [6, 6.07) is 11.5. The summed E-state index contributed by atoms with van der Waals surface area (Å²) in [6.07, 6.45) is -1.39.